The Kier molecular flexibility index (Phi) is 5.07. The first-order chi connectivity index (χ1) is 9.19. The van der Waals surface area contributed by atoms with Gasteiger partial charge in [0.1, 0.15) is 5.75 Å². The average Bonchev–Trinajstić information content (AvgIpc) is 2.41. The monoisotopic (exact) mass is 273 g/mol. The second-order valence-electron chi connectivity index (χ2n) is 4.40. The van der Waals surface area contributed by atoms with Crippen molar-refractivity contribution in [2.75, 3.05) is 26.3 Å². The number of rotatable bonds is 5. The molecular weight excluding hydrogens is 256 g/mol. The van der Waals surface area contributed by atoms with Crippen molar-refractivity contribution in [3.63, 3.8) is 0 Å². The zero-order valence-corrected chi connectivity index (χ0v) is 10.5. The lowest BCUT2D eigenvalue weighted by Crippen LogP contribution is -2.43. The Morgan fingerprint density at radius 2 is 2.21 bits per heavy atom. The molecule has 0 amide bonds. The molecule has 1 saturated heterocycles. The van der Waals surface area contributed by atoms with E-state index in [0.29, 0.717) is 31.8 Å². The topological polar surface area (TPSA) is 41.9 Å². The van der Waals surface area contributed by atoms with Crippen LogP contribution in [-0.2, 0) is 11.3 Å². The lowest BCUT2D eigenvalue weighted by Gasteiger charge is -2.32. The van der Waals surface area contributed by atoms with E-state index < -0.39 is 6.61 Å². The summed E-state index contributed by atoms with van der Waals surface area (Å²) in [5.74, 6) is 0.199. The van der Waals surface area contributed by atoms with Crippen molar-refractivity contribution in [3.8, 4) is 5.75 Å². The molecule has 19 heavy (non-hydrogen) atoms. The maximum absolute atomic E-state index is 12.3. The van der Waals surface area contributed by atoms with Gasteiger partial charge in [0, 0.05) is 25.2 Å². The van der Waals surface area contributed by atoms with Crippen LogP contribution in [0.1, 0.15) is 5.56 Å². The average molecular weight is 273 g/mol. The molecule has 1 aromatic rings. The highest BCUT2D eigenvalue weighted by Gasteiger charge is 2.21. The summed E-state index contributed by atoms with van der Waals surface area (Å²) < 4.78 is 34.5. The van der Waals surface area contributed by atoms with Crippen LogP contribution in [0.3, 0.4) is 0 Å². The molecule has 106 valence electrons. The predicted octanol–water partition coefficient (Wildman–Crippen LogP) is 1.48. The van der Waals surface area contributed by atoms with E-state index in [9.17, 15) is 8.78 Å². The second kappa shape index (κ2) is 6.79. The minimum atomic E-state index is -2.82. The van der Waals surface area contributed by atoms with E-state index in [1.807, 2.05) is 0 Å². The van der Waals surface area contributed by atoms with Crippen LogP contribution >= 0.6 is 0 Å². The molecule has 1 heterocycles. The first-order valence-electron chi connectivity index (χ1n) is 6.16. The number of benzene rings is 1. The fourth-order valence-corrected chi connectivity index (χ4v) is 2.12. The van der Waals surface area contributed by atoms with Crippen molar-refractivity contribution >= 4 is 0 Å². The van der Waals surface area contributed by atoms with Crippen molar-refractivity contribution in [1.82, 2.24) is 4.90 Å². The van der Waals surface area contributed by atoms with Gasteiger partial charge < -0.3 is 14.6 Å². The summed E-state index contributed by atoms with van der Waals surface area (Å²) in [4.78, 5) is 2.05. The number of halogens is 2. The fourth-order valence-electron chi connectivity index (χ4n) is 2.12. The van der Waals surface area contributed by atoms with E-state index in [1.54, 1.807) is 18.2 Å². The zero-order valence-electron chi connectivity index (χ0n) is 10.5. The Labute approximate surface area is 110 Å². The molecule has 1 aliphatic heterocycles. The molecule has 1 atom stereocenters. The summed E-state index contributed by atoms with van der Waals surface area (Å²) in [6.45, 7) is -0.535. The largest absolute Gasteiger partial charge is 0.434 e. The third-order valence-corrected chi connectivity index (χ3v) is 3.01. The summed E-state index contributed by atoms with van der Waals surface area (Å²) in [5.41, 5.74) is 0.710. The quantitative estimate of drug-likeness (QED) is 0.882. The Morgan fingerprint density at radius 3 is 2.95 bits per heavy atom. The molecule has 0 radical (unpaired) electrons. The number of hydrogen-bond acceptors (Lipinski definition) is 4. The van der Waals surface area contributed by atoms with Crippen molar-refractivity contribution < 1.29 is 23.4 Å². The van der Waals surface area contributed by atoms with E-state index >= 15 is 0 Å². The van der Waals surface area contributed by atoms with E-state index in [0.717, 1.165) is 0 Å². The standard InChI is InChI=1S/C13H17F2NO3/c14-13(15)19-12-4-2-1-3-10(12)7-16-5-6-18-11(8-16)9-17/h1-4,11,13,17H,5-9H2. The SMILES string of the molecule is OCC1CN(Cc2ccccc2OC(F)F)CCO1. The molecular formula is C13H17F2NO3. The number of aliphatic hydroxyl groups is 1. The van der Waals surface area contributed by atoms with Crippen molar-refractivity contribution in [1.29, 1.82) is 0 Å². The Balaban J connectivity index is 2.01. The molecule has 1 N–H and O–H groups in total. The first kappa shape index (κ1) is 14.2. The maximum Gasteiger partial charge on any atom is 0.387 e. The highest BCUT2D eigenvalue weighted by Crippen LogP contribution is 2.22. The van der Waals surface area contributed by atoms with Gasteiger partial charge in [0.25, 0.3) is 0 Å². The number of morpholine rings is 1. The molecule has 0 saturated carbocycles. The summed E-state index contributed by atoms with van der Waals surface area (Å²) in [5, 5.41) is 9.07. The minimum Gasteiger partial charge on any atom is -0.434 e. The van der Waals surface area contributed by atoms with Gasteiger partial charge in [-0.05, 0) is 6.07 Å². The summed E-state index contributed by atoms with van der Waals surface area (Å²) >= 11 is 0. The summed E-state index contributed by atoms with van der Waals surface area (Å²) in [6.07, 6.45) is -0.211. The molecule has 1 fully saturated rings. The van der Waals surface area contributed by atoms with E-state index in [4.69, 9.17) is 9.84 Å². The van der Waals surface area contributed by atoms with Crippen LogP contribution in [0.4, 0.5) is 8.78 Å². The number of hydrogen-bond donors (Lipinski definition) is 1. The van der Waals surface area contributed by atoms with E-state index in [1.165, 1.54) is 6.07 Å². The number of nitrogens with zero attached hydrogens (tertiary/aromatic N) is 1. The first-order valence-corrected chi connectivity index (χ1v) is 6.16. The molecule has 2 rings (SSSR count). The number of alkyl halides is 2. The third kappa shape index (κ3) is 4.12. The van der Waals surface area contributed by atoms with Gasteiger partial charge in [-0.25, -0.2) is 0 Å². The number of aliphatic hydroxyl groups excluding tert-OH is 1. The van der Waals surface area contributed by atoms with Gasteiger partial charge in [-0.3, -0.25) is 4.90 Å². The van der Waals surface area contributed by atoms with E-state index in [2.05, 4.69) is 9.64 Å². The van der Waals surface area contributed by atoms with Gasteiger partial charge in [-0.15, -0.1) is 0 Å². The Morgan fingerprint density at radius 1 is 1.42 bits per heavy atom. The van der Waals surface area contributed by atoms with Crippen molar-refractivity contribution in [3.05, 3.63) is 29.8 Å². The molecule has 6 heteroatoms. The molecule has 1 aliphatic rings. The zero-order chi connectivity index (χ0) is 13.7. The highest BCUT2D eigenvalue weighted by atomic mass is 19.3. The van der Waals surface area contributed by atoms with E-state index in [-0.39, 0.29) is 18.5 Å². The van der Waals surface area contributed by atoms with Crippen LogP contribution in [0, 0.1) is 0 Å². The molecule has 1 aromatic carbocycles. The maximum atomic E-state index is 12.3. The molecule has 1 unspecified atom stereocenters. The number of para-hydroxylation sites is 1. The van der Waals surface area contributed by atoms with Crippen LogP contribution in [0.15, 0.2) is 24.3 Å². The number of ether oxygens (including phenoxy) is 2. The smallest absolute Gasteiger partial charge is 0.387 e. The minimum absolute atomic E-state index is 0.0360. The Hall–Kier alpha value is -1.24. The fraction of sp³-hybridized carbons (Fsp3) is 0.538. The summed E-state index contributed by atoms with van der Waals surface area (Å²) in [7, 11) is 0. The second-order valence-corrected chi connectivity index (χ2v) is 4.40. The highest BCUT2D eigenvalue weighted by molar-refractivity contribution is 5.33. The molecule has 0 aliphatic carbocycles. The lowest BCUT2D eigenvalue weighted by atomic mass is 10.1. The van der Waals surface area contributed by atoms with Crippen LogP contribution < -0.4 is 4.74 Å². The van der Waals surface area contributed by atoms with Gasteiger partial charge in [-0.1, -0.05) is 18.2 Å². The van der Waals surface area contributed by atoms with Gasteiger partial charge in [-0.2, -0.15) is 8.78 Å². The molecule has 0 aromatic heterocycles. The van der Waals surface area contributed by atoms with Gasteiger partial charge in [0.2, 0.25) is 0 Å². The van der Waals surface area contributed by atoms with Gasteiger partial charge in [0.05, 0.1) is 19.3 Å². The van der Waals surface area contributed by atoms with Crippen molar-refractivity contribution in [2.45, 2.75) is 19.3 Å². The Bertz CT molecular complexity index is 403. The van der Waals surface area contributed by atoms with Crippen LogP contribution in [-0.4, -0.2) is 49.0 Å². The van der Waals surface area contributed by atoms with Gasteiger partial charge >= 0.3 is 6.61 Å². The lowest BCUT2D eigenvalue weighted by molar-refractivity contribution is -0.0591. The molecule has 0 spiro atoms. The molecule has 0 bridgehead atoms. The third-order valence-electron chi connectivity index (χ3n) is 3.01. The summed E-state index contributed by atoms with van der Waals surface area (Å²) in [6, 6.07) is 6.75. The van der Waals surface area contributed by atoms with Crippen LogP contribution in [0.5, 0.6) is 5.75 Å². The van der Waals surface area contributed by atoms with Gasteiger partial charge in [0.15, 0.2) is 0 Å². The predicted molar refractivity (Wildman–Crippen MR) is 65.2 cm³/mol. The van der Waals surface area contributed by atoms with Crippen LogP contribution in [0.25, 0.3) is 0 Å². The normalized spacial score (nSPS) is 20.7. The van der Waals surface area contributed by atoms with Crippen molar-refractivity contribution in [2.24, 2.45) is 0 Å². The molecule has 4 nitrogen and oxygen atoms in total. The van der Waals surface area contributed by atoms with Crippen LogP contribution in [0.2, 0.25) is 0 Å².